The van der Waals surface area contributed by atoms with Crippen molar-refractivity contribution in [1.29, 1.82) is 0 Å². The lowest BCUT2D eigenvalue weighted by Gasteiger charge is -2.71. The summed E-state index contributed by atoms with van der Waals surface area (Å²) in [6.07, 6.45) is -34.4. The first-order valence-electron chi connectivity index (χ1n) is 31.2. The number of hydrogen-bond acceptors (Lipinski definition) is 26. The van der Waals surface area contributed by atoms with Gasteiger partial charge < -0.3 is 129 Å². The molecule has 0 unspecified atom stereocenters. The number of carboxylic acids is 1. The topological polar surface area (TPSA) is 433 Å². The van der Waals surface area contributed by atoms with Gasteiger partial charge in [-0.15, -0.1) is 0 Å². The largest absolute Gasteiger partial charge is 0.481 e. The Morgan fingerprint density at radius 2 is 1.02 bits per heavy atom. The van der Waals surface area contributed by atoms with Crippen LogP contribution in [-0.2, 0) is 52.2 Å². The molecule has 0 aromatic carbocycles. The third kappa shape index (κ3) is 11.5. The van der Waals surface area contributed by atoms with Crippen LogP contribution in [0.15, 0.2) is 11.6 Å². The summed E-state index contributed by atoms with van der Waals surface area (Å²) >= 11 is 0. The predicted molar refractivity (Wildman–Crippen MR) is 294 cm³/mol. The zero-order valence-electron chi connectivity index (χ0n) is 50.9. The molecule has 0 radical (unpaired) electrons. The van der Waals surface area contributed by atoms with Crippen molar-refractivity contribution in [3.8, 4) is 0 Å². The number of aliphatic carboxylic acids is 1. The van der Waals surface area contributed by atoms with E-state index < -0.39 is 203 Å². The molecule has 5 heterocycles. The van der Waals surface area contributed by atoms with Crippen molar-refractivity contribution in [2.45, 2.75) is 279 Å². The number of aliphatic hydroxyl groups excluding tert-OH is 15. The summed E-state index contributed by atoms with van der Waals surface area (Å²) in [7, 11) is 0. The lowest BCUT2D eigenvalue weighted by molar-refractivity contribution is -0.396. The molecule has 9 fully saturated rings. The summed E-state index contributed by atoms with van der Waals surface area (Å²) in [6.45, 7) is 14.3. The minimum atomic E-state index is -2.08. The molecule has 16 N–H and O–H groups in total. The van der Waals surface area contributed by atoms with Crippen LogP contribution in [0.3, 0.4) is 0 Å². The zero-order chi connectivity index (χ0) is 63.6. The van der Waals surface area contributed by atoms with E-state index in [0.29, 0.717) is 25.7 Å². The van der Waals surface area contributed by atoms with Crippen LogP contribution in [0, 0.1) is 50.2 Å². The highest BCUT2D eigenvalue weighted by Gasteiger charge is 2.70. The van der Waals surface area contributed by atoms with Crippen LogP contribution in [0.5, 0.6) is 0 Å². The molecule has 5 aliphatic carbocycles. The maximum absolute atomic E-state index is 13.3. The molecular weight excluding hydrogens is 1150 g/mol. The quantitative estimate of drug-likeness (QED) is 0.0590. The van der Waals surface area contributed by atoms with Crippen molar-refractivity contribution in [1.82, 2.24) is 0 Å². The summed E-state index contributed by atoms with van der Waals surface area (Å²) in [5.74, 6) is -0.478. The van der Waals surface area contributed by atoms with Gasteiger partial charge in [0.1, 0.15) is 116 Å². The first-order valence-corrected chi connectivity index (χ1v) is 31.2. The van der Waals surface area contributed by atoms with Gasteiger partial charge in [0, 0.05) is 0 Å². The molecule has 5 saturated heterocycles. The van der Waals surface area contributed by atoms with Gasteiger partial charge in [-0.3, -0.25) is 4.79 Å². The fourth-order valence-corrected chi connectivity index (χ4v) is 17.9. The van der Waals surface area contributed by atoms with Gasteiger partial charge in [0.15, 0.2) is 31.5 Å². The van der Waals surface area contributed by atoms with Gasteiger partial charge in [-0.1, -0.05) is 60.1 Å². The fourth-order valence-electron chi connectivity index (χ4n) is 17.9. The molecule has 0 aromatic heterocycles. The van der Waals surface area contributed by atoms with Crippen molar-refractivity contribution in [3.63, 3.8) is 0 Å². The van der Waals surface area contributed by atoms with Gasteiger partial charge >= 0.3 is 5.97 Å². The Kier molecular flexibility index (Phi) is 19.7. The minimum absolute atomic E-state index is 0.00636. The van der Waals surface area contributed by atoms with E-state index in [2.05, 4.69) is 54.5 Å². The molecule has 33 atom stereocenters. The number of hydrogen-bond donors (Lipinski definition) is 16. The van der Waals surface area contributed by atoms with Crippen LogP contribution < -0.4 is 0 Å². The van der Waals surface area contributed by atoms with E-state index in [-0.39, 0.29) is 39.4 Å². The van der Waals surface area contributed by atoms with Crippen molar-refractivity contribution < 1.29 is 134 Å². The third-order valence-electron chi connectivity index (χ3n) is 23.5. The van der Waals surface area contributed by atoms with Crippen LogP contribution in [0.2, 0.25) is 0 Å². The Labute approximate surface area is 506 Å². The smallest absolute Gasteiger partial charge is 0.310 e. The van der Waals surface area contributed by atoms with Crippen LogP contribution in [-0.4, -0.2) is 274 Å². The van der Waals surface area contributed by atoms with Crippen molar-refractivity contribution in [2.24, 2.45) is 50.2 Å². The molecule has 0 amide bonds. The summed E-state index contributed by atoms with van der Waals surface area (Å²) in [5.41, 5.74) is -0.727. The first-order chi connectivity index (χ1) is 40.7. The molecule has 0 aromatic rings. The average Bonchev–Trinajstić information content (AvgIpc) is 0.693. The predicted octanol–water partition coefficient (Wildman–Crippen LogP) is -2.62. The van der Waals surface area contributed by atoms with E-state index in [0.717, 1.165) is 38.5 Å². The fraction of sp³-hybridized carbons (Fsp3) is 0.950. The molecule has 5 aliphatic heterocycles. The number of ether oxygens (including phenoxy) is 10. The second kappa shape index (κ2) is 25.2. The number of carboxylic acid groups (broad SMARTS) is 1. The molecule has 10 aliphatic rings. The average molecular weight is 1250 g/mol. The first kappa shape index (κ1) is 68.1. The highest BCUT2D eigenvalue weighted by molar-refractivity contribution is 5.76. The van der Waals surface area contributed by atoms with Crippen LogP contribution >= 0.6 is 0 Å². The van der Waals surface area contributed by atoms with Gasteiger partial charge in [0.2, 0.25) is 0 Å². The Balaban J connectivity index is 0.889. The van der Waals surface area contributed by atoms with Crippen molar-refractivity contribution in [3.05, 3.63) is 11.6 Å². The normalized spacial score (nSPS) is 54.1. The summed E-state index contributed by atoms with van der Waals surface area (Å²) < 4.78 is 60.3. The van der Waals surface area contributed by atoms with E-state index in [1.807, 2.05) is 0 Å². The number of carbonyl (C=O) groups is 1. The second-order valence-electron chi connectivity index (χ2n) is 29.1. The van der Waals surface area contributed by atoms with Crippen LogP contribution in [0.4, 0.5) is 0 Å². The molecule has 0 bridgehead atoms. The highest BCUT2D eigenvalue weighted by Crippen LogP contribution is 2.76. The second-order valence-corrected chi connectivity index (χ2v) is 29.1. The molecule has 4 saturated carbocycles. The Bertz CT molecular complexity index is 2410. The van der Waals surface area contributed by atoms with Crippen molar-refractivity contribution >= 4 is 5.97 Å². The molecule has 500 valence electrons. The van der Waals surface area contributed by atoms with E-state index >= 15 is 0 Å². The highest BCUT2D eigenvalue weighted by atomic mass is 16.8. The Morgan fingerprint density at radius 1 is 0.506 bits per heavy atom. The summed E-state index contributed by atoms with van der Waals surface area (Å²) in [5, 5.41) is 174. The monoisotopic (exact) mass is 1250 g/mol. The maximum atomic E-state index is 13.3. The molecule has 10 rings (SSSR count). The van der Waals surface area contributed by atoms with Crippen LogP contribution in [0.1, 0.15) is 120 Å². The zero-order valence-corrected chi connectivity index (χ0v) is 50.9. The SMILES string of the molecule is C[C@@H]1O[C@@H](O[C@H]2[C@H](O[C@H]3CC[C@]4(C)[C@H]5CC=C6[C@@H]7CC(C)(C)CC[C@]7(C(=O)O)CC[C@@]6(C)[C@]5(C)CC[C@H]4C3(C)C)O[C@H](CO[C@@H]3O[C@H](CO)[C@@H](O)[C@H](O)[C@H]3O)[C@H](O)[C@@H]2O)[C@H](O)[C@H](O[C@@H]2O[C@H](CO)[C@@H](O[C@@H]3O[C@H](CO)[C@@H](O)[C@H](O)[C@H]3O)[C@H](O)[C@H]2O)[C@H]1O. The van der Waals surface area contributed by atoms with Gasteiger partial charge in [-0.25, -0.2) is 0 Å². The van der Waals surface area contributed by atoms with E-state index in [4.69, 9.17) is 47.4 Å². The van der Waals surface area contributed by atoms with E-state index in [1.165, 1.54) is 12.5 Å². The summed E-state index contributed by atoms with van der Waals surface area (Å²) in [4.78, 5) is 13.3. The standard InChI is InChI=1S/C60H98O27/c1-24-34(64)47(86-51-44(74)41(71)46(29(22-63)82-51)85-50-43(73)39(69)36(66)28(21-62)81-50)45(75)52(79-24)87-48-40(70)37(67)30(23-78-49-42(72)38(68)35(65)27(20-61)80-49)83-53(48)84-33-12-13-57(6)31(56(33,4)5)11-14-59(8)32(57)10-9-25-26-19-55(2,3)15-17-60(26,54(76)77)18-16-58(25,59)7/h9,24,26-53,61-75H,10-23H2,1-8H3,(H,76,77)/t24-,26-,27+,28+,29+,30+,31-,32+,33-,34-,35+,36+,37-,38-,39-,40-,41+,42+,43+,44+,45+,46+,47+,48+,49+,50-,51-,52-,53-,57-,58+,59+,60-/m0/s1. The van der Waals surface area contributed by atoms with Gasteiger partial charge in [-0.05, 0) is 116 Å². The van der Waals surface area contributed by atoms with Crippen molar-refractivity contribution in [2.75, 3.05) is 26.4 Å². The van der Waals surface area contributed by atoms with E-state index in [1.54, 1.807) is 0 Å². The third-order valence-corrected chi connectivity index (χ3v) is 23.5. The molecule has 27 heteroatoms. The number of allylic oxidation sites excluding steroid dienone is 2. The molecule has 27 nitrogen and oxygen atoms in total. The minimum Gasteiger partial charge on any atom is -0.481 e. The van der Waals surface area contributed by atoms with Gasteiger partial charge in [0.25, 0.3) is 0 Å². The number of fused-ring (bicyclic) bond motifs is 7. The number of aliphatic hydroxyl groups is 15. The van der Waals surface area contributed by atoms with Gasteiger partial charge in [-0.2, -0.15) is 0 Å². The molecule has 87 heavy (non-hydrogen) atoms. The lowest BCUT2D eigenvalue weighted by Crippen LogP contribution is -2.68. The maximum Gasteiger partial charge on any atom is 0.310 e. The summed E-state index contributed by atoms with van der Waals surface area (Å²) in [6, 6.07) is 0. The lowest BCUT2D eigenvalue weighted by atomic mass is 9.33. The van der Waals surface area contributed by atoms with Gasteiger partial charge in [0.05, 0.1) is 44.1 Å². The van der Waals surface area contributed by atoms with Crippen LogP contribution in [0.25, 0.3) is 0 Å². The Morgan fingerprint density at radius 3 is 1.64 bits per heavy atom. The molecular formula is C60H98O27. The van der Waals surface area contributed by atoms with E-state index in [9.17, 15) is 86.5 Å². The number of rotatable bonds is 15. The Hall–Kier alpha value is -1.79. The molecule has 0 spiro atoms.